The molecular formula is C11H15F2NO4S. The van der Waals surface area contributed by atoms with Gasteiger partial charge in [-0.1, -0.05) is 6.07 Å². The van der Waals surface area contributed by atoms with Crippen LogP contribution >= 0.6 is 0 Å². The molecular weight excluding hydrogens is 280 g/mol. The van der Waals surface area contributed by atoms with Crippen molar-refractivity contribution in [2.45, 2.75) is 17.9 Å². The van der Waals surface area contributed by atoms with Crippen LogP contribution in [-0.2, 0) is 16.6 Å². The number of alkyl halides is 2. The fourth-order valence-corrected chi connectivity index (χ4v) is 2.77. The van der Waals surface area contributed by atoms with Crippen molar-refractivity contribution >= 4 is 10.0 Å². The van der Waals surface area contributed by atoms with Crippen molar-refractivity contribution in [3.05, 3.63) is 23.8 Å². The molecule has 1 aromatic rings. The Morgan fingerprint density at radius 3 is 2.53 bits per heavy atom. The molecule has 0 amide bonds. The summed E-state index contributed by atoms with van der Waals surface area (Å²) in [5.41, 5.74) is 0.465. The van der Waals surface area contributed by atoms with E-state index in [1.54, 1.807) is 0 Å². The van der Waals surface area contributed by atoms with Gasteiger partial charge in [-0.3, -0.25) is 0 Å². The van der Waals surface area contributed by atoms with Crippen molar-refractivity contribution in [1.29, 1.82) is 0 Å². The van der Waals surface area contributed by atoms with E-state index in [0.717, 1.165) is 7.05 Å². The Hall–Kier alpha value is -1.25. The van der Waals surface area contributed by atoms with Gasteiger partial charge in [0.15, 0.2) is 0 Å². The molecule has 0 unspecified atom stereocenters. The molecule has 5 nitrogen and oxygen atoms in total. The van der Waals surface area contributed by atoms with E-state index >= 15 is 0 Å². The fourth-order valence-electron chi connectivity index (χ4n) is 1.48. The van der Waals surface area contributed by atoms with Gasteiger partial charge in [-0.05, 0) is 17.7 Å². The van der Waals surface area contributed by atoms with Gasteiger partial charge in [-0.2, -0.15) is 4.31 Å². The third-order valence-electron chi connectivity index (χ3n) is 2.49. The average Bonchev–Trinajstić information content (AvgIpc) is 2.36. The minimum absolute atomic E-state index is 0.00710. The highest BCUT2D eigenvalue weighted by molar-refractivity contribution is 7.89. The van der Waals surface area contributed by atoms with Crippen LogP contribution in [0.5, 0.6) is 5.75 Å². The first kappa shape index (κ1) is 15.8. The Morgan fingerprint density at radius 1 is 1.42 bits per heavy atom. The highest BCUT2D eigenvalue weighted by Gasteiger charge is 2.26. The lowest BCUT2D eigenvalue weighted by atomic mass is 10.2. The molecule has 0 aliphatic rings. The molecule has 1 aromatic carbocycles. The summed E-state index contributed by atoms with van der Waals surface area (Å²) in [6.07, 6.45) is -2.76. The summed E-state index contributed by atoms with van der Waals surface area (Å²) < 4.78 is 54.2. The minimum Gasteiger partial charge on any atom is -0.495 e. The van der Waals surface area contributed by atoms with Gasteiger partial charge in [0.1, 0.15) is 10.6 Å². The van der Waals surface area contributed by atoms with E-state index in [1.807, 2.05) is 0 Å². The maximum atomic E-state index is 12.3. The summed E-state index contributed by atoms with van der Waals surface area (Å²) in [6.45, 7) is -1.17. The summed E-state index contributed by atoms with van der Waals surface area (Å²) in [7, 11) is -1.72. The molecule has 1 N–H and O–H groups in total. The van der Waals surface area contributed by atoms with Gasteiger partial charge in [0.25, 0.3) is 6.43 Å². The van der Waals surface area contributed by atoms with Gasteiger partial charge in [0.2, 0.25) is 10.0 Å². The number of aliphatic hydroxyl groups excluding tert-OH is 1. The van der Waals surface area contributed by atoms with Gasteiger partial charge in [-0.25, -0.2) is 17.2 Å². The maximum absolute atomic E-state index is 12.3. The first-order valence-corrected chi connectivity index (χ1v) is 6.79. The lowest BCUT2D eigenvalue weighted by Crippen LogP contribution is -2.31. The zero-order chi connectivity index (χ0) is 14.6. The van der Waals surface area contributed by atoms with Crippen molar-refractivity contribution < 1.29 is 27.0 Å². The standard InChI is InChI=1S/C11H15F2NO4S/c1-14(6-11(12)13)19(16,17)10-4-3-8(7-15)5-9(10)18-2/h3-5,11,15H,6-7H2,1-2H3. The summed E-state index contributed by atoms with van der Waals surface area (Å²) in [6, 6.07) is 3.97. The normalized spacial score (nSPS) is 12.2. The second kappa shape index (κ2) is 6.27. The lowest BCUT2D eigenvalue weighted by molar-refractivity contribution is 0.126. The molecule has 19 heavy (non-hydrogen) atoms. The first-order chi connectivity index (χ1) is 8.82. The van der Waals surface area contributed by atoms with E-state index in [1.165, 1.54) is 25.3 Å². The van der Waals surface area contributed by atoms with Gasteiger partial charge in [0, 0.05) is 7.05 Å². The summed E-state index contributed by atoms with van der Waals surface area (Å²) >= 11 is 0. The van der Waals surface area contributed by atoms with Crippen molar-refractivity contribution in [1.82, 2.24) is 4.31 Å². The van der Waals surface area contributed by atoms with Crippen molar-refractivity contribution in [2.75, 3.05) is 20.7 Å². The second-order valence-electron chi connectivity index (χ2n) is 3.82. The van der Waals surface area contributed by atoms with Crippen LogP contribution in [0, 0.1) is 0 Å². The van der Waals surface area contributed by atoms with E-state index in [2.05, 4.69) is 0 Å². The zero-order valence-corrected chi connectivity index (χ0v) is 11.3. The number of sulfonamides is 1. The Morgan fingerprint density at radius 2 is 2.05 bits per heavy atom. The molecule has 0 radical (unpaired) electrons. The van der Waals surface area contributed by atoms with Crippen LogP contribution in [0.2, 0.25) is 0 Å². The Kier molecular flexibility index (Phi) is 5.21. The van der Waals surface area contributed by atoms with E-state index < -0.39 is 23.0 Å². The molecule has 0 atom stereocenters. The molecule has 0 spiro atoms. The van der Waals surface area contributed by atoms with Crippen LogP contribution in [0.3, 0.4) is 0 Å². The van der Waals surface area contributed by atoms with Gasteiger partial charge in [0.05, 0.1) is 20.3 Å². The zero-order valence-electron chi connectivity index (χ0n) is 10.5. The maximum Gasteiger partial charge on any atom is 0.252 e. The average molecular weight is 295 g/mol. The molecule has 8 heteroatoms. The van der Waals surface area contributed by atoms with Gasteiger partial charge < -0.3 is 9.84 Å². The first-order valence-electron chi connectivity index (χ1n) is 5.35. The quantitative estimate of drug-likeness (QED) is 0.852. The number of ether oxygens (including phenoxy) is 1. The predicted molar refractivity (Wildman–Crippen MR) is 64.7 cm³/mol. The summed E-state index contributed by atoms with van der Waals surface area (Å²) in [5, 5.41) is 8.96. The third-order valence-corrected chi connectivity index (χ3v) is 4.36. The number of benzene rings is 1. The molecule has 0 fully saturated rings. The molecule has 0 saturated heterocycles. The van der Waals surface area contributed by atoms with Crippen molar-refractivity contribution in [2.24, 2.45) is 0 Å². The Labute approximate surface area is 110 Å². The number of halogens is 2. The summed E-state index contributed by atoms with van der Waals surface area (Å²) in [4.78, 5) is -0.213. The van der Waals surface area contributed by atoms with Crippen molar-refractivity contribution in [3.8, 4) is 5.75 Å². The van der Waals surface area contributed by atoms with E-state index in [-0.39, 0.29) is 17.3 Å². The van der Waals surface area contributed by atoms with Gasteiger partial charge >= 0.3 is 0 Å². The highest BCUT2D eigenvalue weighted by atomic mass is 32.2. The summed E-state index contributed by atoms with van der Waals surface area (Å²) in [5.74, 6) is 0.00710. The van der Waals surface area contributed by atoms with Crippen LogP contribution in [0.1, 0.15) is 5.56 Å². The number of hydrogen-bond acceptors (Lipinski definition) is 4. The van der Waals surface area contributed by atoms with E-state index in [4.69, 9.17) is 9.84 Å². The molecule has 108 valence electrons. The Balaban J connectivity index is 3.21. The predicted octanol–water partition coefficient (Wildman–Crippen LogP) is 1.07. The van der Waals surface area contributed by atoms with Crippen LogP contribution < -0.4 is 4.74 Å². The monoisotopic (exact) mass is 295 g/mol. The van der Waals surface area contributed by atoms with E-state index in [9.17, 15) is 17.2 Å². The van der Waals surface area contributed by atoms with Crippen LogP contribution in [-0.4, -0.2) is 45.0 Å². The number of hydrogen-bond donors (Lipinski definition) is 1. The topological polar surface area (TPSA) is 66.8 Å². The number of methoxy groups -OCH3 is 1. The number of nitrogens with zero attached hydrogens (tertiary/aromatic N) is 1. The second-order valence-corrected chi connectivity index (χ2v) is 5.83. The van der Waals surface area contributed by atoms with E-state index in [0.29, 0.717) is 9.87 Å². The number of rotatable bonds is 6. The van der Waals surface area contributed by atoms with Crippen LogP contribution in [0.4, 0.5) is 8.78 Å². The SMILES string of the molecule is COc1cc(CO)ccc1S(=O)(=O)N(C)CC(F)F. The largest absolute Gasteiger partial charge is 0.495 e. The molecule has 0 heterocycles. The molecule has 0 bridgehead atoms. The van der Waals surface area contributed by atoms with Gasteiger partial charge in [-0.15, -0.1) is 0 Å². The van der Waals surface area contributed by atoms with Crippen LogP contribution in [0.25, 0.3) is 0 Å². The Bertz CT molecular complexity index is 533. The molecule has 0 aromatic heterocycles. The highest BCUT2D eigenvalue weighted by Crippen LogP contribution is 2.27. The van der Waals surface area contributed by atoms with Crippen molar-refractivity contribution in [3.63, 3.8) is 0 Å². The third kappa shape index (κ3) is 3.62. The fraction of sp³-hybridized carbons (Fsp3) is 0.455. The number of aliphatic hydroxyl groups is 1. The molecule has 0 aliphatic carbocycles. The molecule has 0 saturated carbocycles. The lowest BCUT2D eigenvalue weighted by Gasteiger charge is -2.18. The minimum atomic E-state index is -4.06. The van der Waals surface area contributed by atoms with Crippen LogP contribution in [0.15, 0.2) is 23.1 Å². The smallest absolute Gasteiger partial charge is 0.252 e. The molecule has 0 aliphatic heterocycles. The molecule has 1 rings (SSSR count).